The maximum Gasteiger partial charge on any atom is 0.258 e. The number of ether oxygens (including phenoxy) is 2. The topological polar surface area (TPSA) is 47.6 Å². The lowest BCUT2D eigenvalue weighted by Crippen LogP contribution is -2.32. The number of carbonyl (C=O) groups is 1. The first kappa shape index (κ1) is 18.8. The lowest BCUT2D eigenvalue weighted by molar-refractivity contribution is -0.123. The Bertz CT molecular complexity index is 693. The van der Waals surface area contributed by atoms with Crippen molar-refractivity contribution >= 4 is 5.91 Å². The number of hydrogen-bond acceptors (Lipinski definition) is 3. The van der Waals surface area contributed by atoms with Gasteiger partial charge in [0.05, 0.1) is 6.54 Å². The summed E-state index contributed by atoms with van der Waals surface area (Å²) in [5.74, 6) is 1.88. The van der Waals surface area contributed by atoms with E-state index in [0.717, 1.165) is 16.9 Å². The minimum absolute atomic E-state index is 0.00446. The summed E-state index contributed by atoms with van der Waals surface area (Å²) < 4.78 is 11.2. The molecule has 0 heterocycles. The molecule has 134 valence electrons. The molecule has 0 radical (unpaired) electrons. The molecule has 0 aliphatic carbocycles. The van der Waals surface area contributed by atoms with Gasteiger partial charge in [0.15, 0.2) is 6.61 Å². The van der Waals surface area contributed by atoms with Crippen molar-refractivity contribution < 1.29 is 14.3 Å². The van der Waals surface area contributed by atoms with Crippen LogP contribution in [0.25, 0.3) is 0 Å². The Morgan fingerprint density at radius 3 is 2.44 bits per heavy atom. The first-order valence-electron chi connectivity index (χ1n) is 8.65. The van der Waals surface area contributed by atoms with Gasteiger partial charge in [-0.05, 0) is 54.7 Å². The average molecular weight is 341 g/mol. The third-order valence-electron chi connectivity index (χ3n) is 3.94. The van der Waals surface area contributed by atoms with E-state index in [0.29, 0.717) is 24.8 Å². The maximum atomic E-state index is 11.8. The smallest absolute Gasteiger partial charge is 0.258 e. The fourth-order valence-electron chi connectivity index (χ4n) is 2.36. The lowest BCUT2D eigenvalue weighted by atomic mass is 10.0. The SMILES string of the molecule is Cc1ccc(C)c(OCCNC(=O)COc2ccc(C(C)C)cc2)c1. The van der Waals surface area contributed by atoms with Crippen LogP contribution in [0.4, 0.5) is 0 Å². The Balaban J connectivity index is 1.68. The largest absolute Gasteiger partial charge is 0.491 e. The molecule has 0 saturated carbocycles. The number of nitrogens with one attached hydrogen (secondary N) is 1. The van der Waals surface area contributed by atoms with Gasteiger partial charge >= 0.3 is 0 Å². The number of benzene rings is 2. The fraction of sp³-hybridized carbons (Fsp3) is 0.381. The summed E-state index contributed by atoms with van der Waals surface area (Å²) in [6.07, 6.45) is 0. The monoisotopic (exact) mass is 341 g/mol. The molecule has 0 fully saturated rings. The van der Waals surface area contributed by atoms with E-state index < -0.39 is 0 Å². The number of rotatable bonds is 8. The van der Waals surface area contributed by atoms with Crippen LogP contribution in [0, 0.1) is 13.8 Å². The molecule has 0 spiro atoms. The highest BCUT2D eigenvalue weighted by atomic mass is 16.5. The molecule has 0 atom stereocenters. The molecule has 0 aliphatic rings. The molecular formula is C21H27NO3. The van der Waals surface area contributed by atoms with Gasteiger partial charge in [0, 0.05) is 0 Å². The van der Waals surface area contributed by atoms with E-state index in [1.807, 2.05) is 50.2 Å². The fourth-order valence-corrected chi connectivity index (χ4v) is 2.36. The summed E-state index contributed by atoms with van der Waals surface area (Å²) >= 11 is 0. The van der Waals surface area contributed by atoms with Gasteiger partial charge in [-0.3, -0.25) is 4.79 Å². The van der Waals surface area contributed by atoms with E-state index in [4.69, 9.17) is 9.47 Å². The molecule has 0 bridgehead atoms. The summed E-state index contributed by atoms with van der Waals surface area (Å²) in [6, 6.07) is 13.9. The number of aryl methyl sites for hydroxylation is 2. The predicted octanol–water partition coefficient (Wildman–Crippen LogP) is 4.00. The van der Waals surface area contributed by atoms with Crippen molar-refractivity contribution in [2.75, 3.05) is 19.8 Å². The number of hydrogen-bond donors (Lipinski definition) is 1. The highest BCUT2D eigenvalue weighted by molar-refractivity contribution is 5.77. The molecule has 25 heavy (non-hydrogen) atoms. The summed E-state index contributed by atoms with van der Waals surface area (Å²) in [7, 11) is 0. The highest BCUT2D eigenvalue weighted by Gasteiger charge is 2.05. The molecule has 2 aromatic rings. The summed E-state index contributed by atoms with van der Waals surface area (Å²) in [5, 5.41) is 2.80. The van der Waals surface area contributed by atoms with E-state index in [1.165, 1.54) is 5.56 Å². The normalized spacial score (nSPS) is 10.6. The first-order valence-corrected chi connectivity index (χ1v) is 8.65. The van der Waals surface area contributed by atoms with Crippen LogP contribution < -0.4 is 14.8 Å². The van der Waals surface area contributed by atoms with Gasteiger partial charge in [-0.25, -0.2) is 0 Å². The summed E-state index contributed by atoms with van der Waals surface area (Å²) in [4.78, 5) is 11.8. The predicted molar refractivity (Wildman–Crippen MR) is 100 cm³/mol. The molecule has 0 unspecified atom stereocenters. The highest BCUT2D eigenvalue weighted by Crippen LogP contribution is 2.19. The molecule has 1 amide bonds. The van der Waals surface area contributed by atoms with E-state index >= 15 is 0 Å². The lowest BCUT2D eigenvalue weighted by Gasteiger charge is -2.11. The van der Waals surface area contributed by atoms with Gasteiger partial charge in [0.25, 0.3) is 5.91 Å². The maximum absolute atomic E-state index is 11.8. The van der Waals surface area contributed by atoms with Crippen molar-refractivity contribution in [1.82, 2.24) is 5.32 Å². The minimum Gasteiger partial charge on any atom is -0.491 e. The molecule has 4 heteroatoms. The van der Waals surface area contributed by atoms with Crippen LogP contribution in [-0.4, -0.2) is 25.7 Å². The van der Waals surface area contributed by atoms with Crippen molar-refractivity contribution in [2.45, 2.75) is 33.6 Å². The first-order chi connectivity index (χ1) is 12.0. The minimum atomic E-state index is -0.155. The van der Waals surface area contributed by atoms with Gasteiger partial charge < -0.3 is 14.8 Å². The zero-order valence-electron chi connectivity index (χ0n) is 15.5. The molecule has 2 rings (SSSR count). The second-order valence-electron chi connectivity index (χ2n) is 6.48. The van der Waals surface area contributed by atoms with Crippen LogP contribution in [0.1, 0.15) is 36.5 Å². The van der Waals surface area contributed by atoms with E-state index in [1.54, 1.807) is 0 Å². The van der Waals surface area contributed by atoms with Crippen LogP contribution >= 0.6 is 0 Å². The quantitative estimate of drug-likeness (QED) is 0.738. The third kappa shape index (κ3) is 6.14. The zero-order chi connectivity index (χ0) is 18.2. The molecule has 0 aliphatic heterocycles. The third-order valence-corrected chi connectivity index (χ3v) is 3.94. The van der Waals surface area contributed by atoms with E-state index in [2.05, 4.69) is 25.2 Å². The van der Waals surface area contributed by atoms with Crippen molar-refractivity contribution in [2.24, 2.45) is 0 Å². The number of carbonyl (C=O) groups excluding carboxylic acids is 1. The van der Waals surface area contributed by atoms with Crippen LogP contribution in [0.3, 0.4) is 0 Å². The Labute approximate surface area is 150 Å². The van der Waals surface area contributed by atoms with Crippen LogP contribution in [0.5, 0.6) is 11.5 Å². The van der Waals surface area contributed by atoms with Crippen LogP contribution in [0.2, 0.25) is 0 Å². The molecule has 0 aromatic heterocycles. The van der Waals surface area contributed by atoms with Gasteiger partial charge in [0.2, 0.25) is 0 Å². The summed E-state index contributed by atoms with van der Waals surface area (Å²) in [6.45, 7) is 9.20. The van der Waals surface area contributed by atoms with Crippen molar-refractivity contribution in [3.05, 3.63) is 59.2 Å². The average Bonchev–Trinajstić information content (AvgIpc) is 2.60. The second kappa shape index (κ2) is 9.11. The van der Waals surface area contributed by atoms with Crippen molar-refractivity contribution in [3.8, 4) is 11.5 Å². The van der Waals surface area contributed by atoms with Gasteiger partial charge in [0.1, 0.15) is 18.1 Å². The Hall–Kier alpha value is -2.49. The Kier molecular flexibility index (Phi) is 6.87. The van der Waals surface area contributed by atoms with Gasteiger partial charge in [-0.2, -0.15) is 0 Å². The van der Waals surface area contributed by atoms with Crippen LogP contribution in [-0.2, 0) is 4.79 Å². The van der Waals surface area contributed by atoms with Crippen LogP contribution in [0.15, 0.2) is 42.5 Å². The molecule has 2 aromatic carbocycles. The van der Waals surface area contributed by atoms with Gasteiger partial charge in [-0.15, -0.1) is 0 Å². The standard InChI is InChI=1S/C21H27NO3/c1-15(2)18-7-9-19(10-8-18)25-14-21(23)22-11-12-24-20-13-16(3)5-6-17(20)4/h5-10,13,15H,11-12,14H2,1-4H3,(H,22,23). The Morgan fingerprint density at radius 2 is 1.76 bits per heavy atom. The van der Waals surface area contributed by atoms with Crippen molar-refractivity contribution in [1.29, 1.82) is 0 Å². The van der Waals surface area contributed by atoms with E-state index in [9.17, 15) is 4.79 Å². The van der Waals surface area contributed by atoms with Gasteiger partial charge in [-0.1, -0.05) is 38.1 Å². The molecule has 0 saturated heterocycles. The molecular weight excluding hydrogens is 314 g/mol. The summed E-state index contributed by atoms with van der Waals surface area (Å²) in [5.41, 5.74) is 3.49. The number of amides is 1. The van der Waals surface area contributed by atoms with E-state index in [-0.39, 0.29) is 12.5 Å². The Morgan fingerprint density at radius 1 is 1.04 bits per heavy atom. The second-order valence-corrected chi connectivity index (χ2v) is 6.48. The molecule has 1 N–H and O–H groups in total. The zero-order valence-corrected chi connectivity index (χ0v) is 15.5. The van der Waals surface area contributed by atoms with Crippen molar-refractivity contribution in [3.63, 3.8) is 0 Å². The molecule has 4 nitrogen and oxygen atoms in total.